The van der Waals surface area contributed by atoms with Crippen molar-refractivity contribution in [2.45, 2.75) is 30.7 Å². The van der Waals surface area contributed by atoms with Gasteiger partial charge in [0.2, 0.25) is 21.8 Å². The molecule has 4 N–H and O–H groups in total. The van der Waals surface area contributed by atoms with Gasteiger partial charge in [0.1, 0.15) is 0 Å². The zero-order chi connectivity index (χ0) is 19.4. The molecule has 2 aromatic rings. The first-order valence-corrected chi connectivity index (χ1v) is 10.1. The third-order valence-electron chi connectivity index (χ3n) is 4.57. The van der Waals surface area contributed by atoms with Crippen LogP contribution >= 0.6 is 0 Å². The molecule has 0 aromatic heterocycles. The maximum Gasteiger partial charge on any atom is 0.238 e. The quantitative estimate of drug-likeness (QED) is 0.697. The smallest absolute Gasteiger partial charge is 0.238 e. The van der Waals surface area contributed by atoms with Crippen LogP contribution in [0.1, 0.15) is 24.0 Å². The number of rotatable bonds is 6. The summed E-state index contributed by atoms with van der Waals surface area (Å²) in [5.41, 5.74) is 2.68. The van der Waals surface area contributed by atoms with Gasteiger partial charge in [-0.05, 0) is 42.2 Å². The predicted molar refractivity (Wildman–Crippen MR) is 101 cm³/mol. The Morgan fingerprint density at radius 1 is 1.15 bits per heavy atom. The molecule has 0 aliphatic carbocycles. The minimum Gasteiger partial charge on any atom is -0.352 e. The van der Waals surface area contributed by atoms with E-state index in [1.807, 2.05) is 24.3 Å². The van der Waals surface area contributed by atoms with Crippen molar-refractivity contribution in [3.05, 3.63) is 59.7 Å². The van der Waals surface area contributed by atoms with Gasteiger partial charge in [-0.1, -0.05) is 30.3 Å². The van der Waals surface area contributed by atoms with E-state index in [1.165, 1.54) is 12.1 Å². The molecule has 1 aliphatic heterocycles. The molecule has 0 radical (unpaired) electrons. The number of nitrogens with one attached hydrogen (secondary N) is 2. The number of benzene rings is 2. The van der Waals surface area contributed by atoms with E-state index in [4.69, 9.17) is 5.14 Å². The van der Waals surface area contributed by atoms with Crippen molar-refractivity contribution in [2.75, 3.05) is 5.32 Å². The largest absolute Gasteiger partial charge is 0.352 e. The summed E-state index contributed by atoms with van der Waals surface area (Å²) < 4.78 is 22.4. The normalized spacial score (nSPS) is 16.3. The topological polar surface area (TPSA) is 118 Å². The summed E-state index contributed by atoms with van der Waals surface area (Å²) in [6, 6.07) is 13.7. The highest BCUT2D eigenvalue weighted by Crippen LogP contribution is 2.27. The Morgan fingerprint density at radius 2 is 1.85 bits per heavy atom. The third kappa shape index (κ3) is 4.93. The molecule has 0 bridgehead atoms. The number of anilines is 1. The first-order chi connectivity index (χ1) is 12.8. The second-order valence-electron chi connectivity index (χ2n) is 6.55. The molecular weight excluding hydrogens is 366 g/mol. The standard InChI is InChI=1S/C19H21N3O4S/c20-27(25,26)16-8-5-13(6-9-16)12-21-18(23)10-7-15-11-14-3-1-2-4-17(14)22-19(15)24/h1-6,8-9,15H,7,10-12H2,(H,21,23)(H,22,24)(H2,20,25,26)/t15-/m1/s1. The lowest BCUT2D eigenvalue weighted by Gasteiger charge is -2.24. The number of carbonyl (C=O) groups is 2. The lowest BCUT2D eigenvalue weighted by atomic mass is 9.89. The van der Waals surface area contributed by atoms with Crippen molar-refractivity contribution < 1.29 is 18.0 Å². The van der Waals surface area contributed by atoms with Crippen molar-refractivity contribution in [3.63, 3.8) is 0 Å². The van der Waals surface area contributed by atoms with Crippen LogP contribution in [-0.4, -0.2) is 20.2 Å². The van der Waals surface area contributed by atoms with E-state index in [-0.39, 0.29) is 35.6 Å². The fraction of sp³-hybridized carbons (Fsp3) is 0.263. The van der Waals surface area contributed by atoms with Crippen LogP contribution in [0, 0.1) is 5.92 Å². The summed E-state index contributed by atoms with van der Waals surface area (Å²) in [5, 5.41) is 10.7. The Labute approximate surface area is 158 Å². The lowest BCUT2D eigenvalue weighted by molar-refractivity contribution is -0.122. The molecule has 0 saturated heterocycles. The van der Waals surface area contributed by atoms with Crippen molar-refractivity contribution in [3.8, 4) is 0 Å². The molecule has 142 valence electrons. The maximum absolute atomic E-state index is 12.2. The average molecular weight is 387 g/mol. The van der Waals surface area contributed by atoms with E-state index in [0.717, 1.165) is 16.8 Å². The van der Waals surface area contributed by atoms with Crippen LogP contribution in [0.15, 0.2) is 53.4 Å². The maximum atomic E-state index is 12.2. The monoisotopic (exact) mass is 387 g/mol. The molecule has 1 aliphatic rings. The second kappa shape index (κ2) is 7.89. The van der Waals surface area contributed by atoms with E-state index in [1.54, 1.807) is 12.1 Å². The van der Waals surface area contributed by atoms with Gasteiger partial charge in [0.15, 0.2) is 0 Å². The minimum absolute atomic E-state index is 0.0289. The number of primary sulfonamides is 1. The molecule has 2 amide bonds. The molecule has 0 saturated carbocycles. The summed E-state index contributed by atoms with van der Waals surface area (Å²) in [6.45, 7) is 0.281. The van der Waals surface area contributed by atoms with Crippen molar-refractivity contribution in [1.82, 2.24) is 5.32 Å². The zero-order valence-electron chi connectivity index (χ0n) is 14.6. The van der Waals surface area contributed by atoms with Crippen LogP contribution in [0.4, 0.5) is 5.69 Å². The van der Waals surface area contributed by atoms with Gasteiger partial charge in [0, 0.05) is 24.6 Å². The number of nitrogens with two attached hydrogens (primary N) is 1. The van der Waals surface area contributed by atoms with E-state index in [2.05, 4.69) is 10.6 Å². The number of carbonyl (C=O) groups excluding carboxylic acids is 2. The Balaban J connectivity index is 1.48. The number of fused-ring (bicyclic) bond motifs is 1. The van der Waals surface area contributed by atoms with Gasteiger partial charge in [-0.25, -0.2) is 13.6 Å². The third-order valence-corrected chi connectivity index (χ3v) is 5.50. The molecule has 27 heavy (non-hydrogen) atoms. The highest BCUT2D eigenvalue weighted by Gasteiger charge is 2.26. The number of hydrogen-bond acceptors (Lipinski definition) is 4. The molecule has 1 heterocycles. The van der Waals surface area contributed by atoms with Crippen LogP contribution in [0.25, 0.3) is 0 Å². The Hall–Kier alpha value is -2.71. The minimum atomic E-state index is -3.72. The Kier molecular flexibility index (Phi) is 5.57. The SMILES string of the molecule is NS(=O)(=O)c1ccc(CNC(=O)CC[C@@H]2Cc3ccccc3NC2=O)cc1. The van der Waals surface area contributed by atoms with Crippen LogP contribution in [0.3, 0.4) is 0 Å². The molecule has 0 unspecified atom stereocenters. The van der Waals surface area contributed by atoms with E-state index in [0.29, 0.717) is 12.8 Å². The van der Waals surface area contributed by atoms with Gasteiger partial charge < -0.3 is 10.6 Å². The fourth-order valence-electron chi connectivity index (χ4n) is 3.04. The molecular formula is C19H21N3O4S. The lowest BCUT2D eigenvalue weighted by Crippen LogP contribution is -2.31. The number of sulfonamides is 1. The first-order valence-electron chi connectivity index (χ1n) is 8.60. The summed E-state index contributed by atoms with van der Waals surface area (Å²) in [6.07, 6.45) is 1.34. The summed E-state index contributed by atoms with van der Waals surface area (Å²) in [5.74, 6) is -0.433. The molecule has 0 fully saturated rings. The Morgan fingerprint density at radius 3 is 2.56 bits per heavy atom. The van der Waals surface area contributed by atoms with Crippen LogP contribution in [0.5, 0.6) is 0 Å². The van der Waals surface area contributed by atoms with Gasteiger partial charge in [-0.3, -0.25) is 9.59 Å². The van der Waals surface area contributed by atoms with Gasteiger partial charge in [-0.15, -0.1) is 0 Å². The van der Waals surface area contributed by atoms with Crippen molar-refractivity contribution in [2.24, 2.45) is 11.1 Å². The van der Waals surface area contributed by atoms with E-state index >= 15 is 0 Å². The molecule has 7 nitrogen and oxygen atoms in total. The molecule has 2 aromatic carbocycles. The predicted octanol–water partition coefficient (Wildman–Crippen LogP) is 1.54. The van der Waals surface area contributed by atoms with Gasteiger partial charge >= 0.3 is 0 Å². The fourth-order valence-corrected chi connectivity index (χ4v) is 3.55. The second-order valence-corrected chi connectivity index (χ2v) is 8.11. The van der Waals surface area contributed by atoms with Gasteiger partial charge in [0.25, 0.3) is 0 Å². The van der Waals surface area contributed by atoms with Gasteiger partial charge in [0.05, 0.1) is 4.90 Å². The van der Waals surface area contributed by atoms with E-state index in [9.17, 15) is 18.0 Å². The summed E-state index contributed by atoms with van der Waals surface area (Å²) in [4.78, 5) is 24.3. The van der Waals surface area contributed by atoms with Crippen molar-refractivity contribution >= 4 is 27.5 Å². The molecule has 1 atom stereocenters. The summed E-state index contributed by atoms with van der Waals surface area (Å²) in [7, 11) is -3.72. The van der Waals surface area contributed by atoms with E-state index < -0.39 is 10.0 Å². The first kappa shape index (κ1) is 19.1. The number of amides is 2. The number of para-hydroxylation sites is 1. The van der Waals surface area contributed by atoms with Crippen LogP contribution in [-0.2, 0) is 32.6 Å². The highest BCUT2D eigenvalue weighted by molar-refractivity contribution is 7.89. The van der Waals surface area contributed by atoms with Crippen LogP contribution < -0.4 is 15.8 Å². The van der Waals surface area contributed by atoms with Crippen LogP contribution in [0.2, 0.25) is 0 Å². The molecule has 3 rings (SSSR count). The molecule has 8 heteroatoms. The van der Waals surface area contributed by atoms with Crippen molar-refractivity contribution in [1.29, 1.82) is 0 Å². The number of hydrogen-bond donors (Lipinski definition) is 3. The highest BCUT2D eigenvalue weighted by atomic mass is 32.2. The van der Waals surface area contributed by atoms with Gasteiger partial charge in [-0.2, -0.15) is 0 Å². The Bertz CT molecular complexity index is 955. The molecule has 0 spiro atoms. The zero-order valence-corrected chi connectivity index (χ0v) is 15.5. The summed E-state index contributed by atoms with van der Waals surface area (Å²) >= 11 is 0. The average Bonchev–Trinajstić information content (AvgIpc) is 2.64.